The van der Waals surface area contributed by atoms with Crippen LogP contribution in [0.4, 0.5) is 5.82 Å². The second-order valence-corrected chi connectivity index (χ2v) is 5.14. The van der Waals surface area contributed by atoms with Gasteiger partial charge in [-0.1, -0.05) is 30.7 Å². The molecule has 3 rings (SSSR count). The molecule has 19 heavy (non-hydrogen) atoms. The van der Waals surface area contributed by atoms with Crippen molar-refractivity contribution in [3.63, 3.8) is 0 Å². The fourth-order valence-electron chi connectivity index (χ4n) is 2.64. The van der Waals surface area contributed by atoms with E-state index >= 15 is 0 Å². The van der Waals surface area contributed by atoms with E-state index in [2.05, 4.69) is 39.9 Å². The lowest BCUT2D eigenvalue weighted by molar-refractivity contribution is 0.419. The molecule has 0 amide bonds. The molecule has 0 spiro atoms. The Kier molecular flexibility index (Phi) is 3.23. The normalized spacial score (nSPS) is 17.1. The summed E-state index contributed by atoms with van der Waals surface area (Å²) in [6, 6.07) is 8.45. The molecule has 6 N–H and O–H groups in total. The van der Waals surface area contributed by atoms with Gasteiger partial charge in [0.1, 0.15) is 5.82 Å². The van der Waals surface area contributed by atoms with E-state index in [9.17, 15) is 0 Å². The van der Waals surface area contributed by atoms with Crippen LogP contribution in [0.3, 0.4) is 0 Å². The van der Waals surface area contributed by atoms with Gasteiger partial charge in [-0.2, -0.15) is 5.10 Å². The van der Waals surface area contributed by atoms with E-state index in [-0.39, 0.29) is 6.04 Å². The van der Waals surface area contributed by atoms with Gasteiger partial charge in [-0.05, 0) is 29.9 Å². The van der Waals surface area contributed by atoms with Crippen molar-refractivity contribution < 1.29 is 0 Å². The Morgan fingerprint density at radius 1 is 1.37 bits per heavy atom. The van der Waals surface area contributed by atoms with E-state index in [1.54, 1.807) is 6.20 Å². The molecular weight excluding hydrogens is 238 g/mol. The highest BCUT2D eigenvalue weighted by molar-refractivity contribution is 5.45. The number of benzene rings is 1. The average Bonchev–Trinajstić information content (AvgIpc) is 2.75. The highest BCUT2D eigenvalue weighted by Crippen LogP contribution is 2.37. The fourth-order valence-corrected chi connectivity index (χ4v) is 2.64. The van der Waals surface area contributed by atoms with Crippen molar-refractivity contribution in [3.05, 3.63) is 47.2 Å². The van der Waals surface area contributed by atoms with Crippen LogP contribution in [-0.2, 0) is 0 Å². The van der Waals surface area contributed by atoms with E-state index in [0.29, 0.717) is 11.7 Å². The zero-order chi connectivity index (χ0) is 13.2. The molecule has 2 aromatic rings. The molecule has 1 aliphatic rings. The van der Waals surface area contributed by atoms with Crippen LogP contribution in [-0.4, -0.2) is 10.2 Å². The quantitative estimate of drug-likeness (QED) is 0.496. The van der Waals surface area contributed by atoms with Gasteiger partial charge >= 0.3 is 0 Å². The summed E-state index contributed by atoms with van der Waals surface area (Å²) in [6.07, 6.45) is 5.63. The van der Waals surface area contributed by atoms with Gasteiger partial charge in [0.25, 0.3) is 0 Å². The minimum absolute atomic E-state index is 0.126. The Balaban J connectivity index is 1.93. The van der Waals surface area contributed by atoms with Crippen LogP contribution < -0.4 is 17.0 Å². The van der Waals surface area contributed by atoms with Crippen LogP contribution >= 0.6 is 0 Å². The minimum atomic E-state index is -0.126. The predicted octanol–water partition coefficient (Wildman–Crippen LogP) is 1.81. The summed E-state index contributed by atoms with van der Waals surface area (Å²) in [5, 5.41) is 6.70. The number of rotatable bonds is 4. The molecule has 1 aromatic carbocycles. The number of nitrogens with two attached hydrogens (primary N) is 2. The SMILES string of the molecule is NNC(c1cccc(C2CCC2)c1)c1cn[nH]c1N. The van der Waals surface area contributed by atoms with Crippen LogP contribution in [0, 0.1) is 0 Å². The molecule has 1 aromatic heterocycles. The van der Waals surface area contributed by atoms with E-state index in [4.69, 9.17) is 11.6 Å². The smallest absolute Gasteiger partial charge is 0.124 e. The van der Waals surface area contributed by atoms with Crippen molar-refractivity contribution in [2.75, 3.05) is 5.73 Å². The summed E-state index contributed by atoms with van der Waals surface area (Å²) in [5.41, 5.74) is 12.1. The van der Waals surface area contributed by atoms with Crippen LogP contribution in [0.5, 0.6) is 0 Å². The lowest BCUT2D eigenvalue weighted by atomic mass is 9.79. The lowest BCUT2D eigenvalue weighted by Crippen LogP contribution is -2.29. The second-order valence-electron chi connectivity index (χ2n) is 5.14. The number of nitrogen functional groups attached to an aromatic ring is 1. The number of aromatic amines is 1. The molecule has 100 valence electrons. The number of nitrogens with one attached hydrogen (secondary N) is 2. The van der Waals surface area contributed by atoms with Crippen molar-refractivity contribution in [1.82, 2.24) is 15.6 Å². The third-order valence-corrected chi connectivity index (χ3v) is 4.00. The average molecular weight is 257 g/mol. The summed E-state index contributed by atoms with van der Waals surface area (Å²) < 4.78 is 0. The fraction of sp³-hybridized carbons (Fsp3) is 0.357. The first-order chi connectivity index (χ1) is 9.29. The molecule has 1 unspecified atom stereocenters. The molecule has 1 atom stereocenters. The van der Waals surface area contributed by atoms with Gasteiger partial charge in [-0.3, -0.25) is 10.9 Å². The van der Waals surface area contributed by atoms with Crippen LogP contribution in [0.25, 0.3) is 0 Å². The molecule has 0 aliphatic heterocycles. The van der Waals surface area contributed by atoms with Crippen molar-refractivity contribution in [1.29, 1.82) is 0 Å². The number of hydrogen-bond donors (Lipinski definition) is 4. The van der Waals surface area contributed by atoms with Gasteiger partial charge in [-0.15, -0.1) is 0 Å². The third-order valence-electron chi connectivity index (χ3n) is 4.00. The maximum atomic E-state index is 5.88. The Morgan fingerprint density at radius 3 is 2.79 bits per heavy atom. The highest BCUT2D eigenvalue weighted by Gasteiger charge is 2.22. The summed E-state index contributed by atoms with van der Waals surface area (Å²) in [6.45, 7) is 0. The zero-order valence-electron chi connectivity index (χ0n) is 10.8. The van der Waals surface area contributed by atoms with E-state index in [1.807, 2.05) is 0 Å². The van der Waals surface area contributed by atoms with Gasteiger partial charge in [0.15, 0.2) is 0 Å². The van der Waals surface area contributed by atoms with Crippen molar-refractivity contribution in [2.45, 2.75) is 31.2 Å². The first kappa shape index (κ1) is 12.2. The van der Waals surface area contributed by atoms with Crippen molar-refractivity contribution in [3.8, 4) is 0 Å². The molecule has 0 saturated heterocycles. The predicted molar refractivity (Wildman–Crippen MR) is 75.2 cm³/mol. The number of aromatic nitrogens is 2. The molecular formula is C14H19N5. The van der Waals surface area contributed by atoms with E-state index < -0.39 is 0 Å². The highest BCUT2D eigenvalue weighted by atomic mass is 15.2. The molecule has 1 saturated carbocycles. The van der Waals surface area contributed by atoms with Gasteiger partial charge in [0, 0.05) is 5.56 Å². The molecule has 0 bridgehead atoms. The topological polar surface area (TPSA) is 92.7 Å². The second kappa shape index (κ2) is 5.03. The Morgan fingerprint density at radius 2 is 2.21 bits per heavy atom. The monoisotopic (exact) mass is 257 g/mol. The van der Waals surface area contributed by atoms with Crippen LogP contribution in [0.1, 0.15) is 47.9 Å². The zero-order valence-corrected chi connectivity index (χ0v) is 10.8. The summed E-state index contributed by atoms with van der Waals surface area (Å²) in [4.78, 5) is 0. The summed E-state index contributed by atoms with van der Waals surface area (Å²) in [7, 11) is 0. The molecule has 1 heterocycles. The van der Waals surface area contributed by atoms with Crippen molar-refractivity contribution >= 4 is 5.82 Å². The number of anilines is 1. The van der Waals surface area contributed by atoms with Gasteiger partial charge in [-0.25, -0.2) is 5.43 Å². The number of nitrogens with zero attached hydrogens (tertiary/aromatic N) is 1. The van der Waals surface area contributed by atoms with Gasteiger partial charge in [0.2, 0.25) is 0 Å². The Labute approximate surface area is 112 Å². The standard InChI is InChI=1S/C14H19N5/c15-14-12(8-17-19-14)13(18-16)11-6-2-5-10(7-11)9-3-1-4-9/h2,5-9,13,18H,1,3-4,16H2,(H3,15,17,19). The number of H-pyrrole nitrogens is 1. The molecule has 1 fully saturated rings. The Hall–Kier alpha value is -1.85. The van der Waals surface area contributed by atoms with Crippen LogP contribution in [0.2, 0.25) is 0 Å². The first-order valence-corrected chi connectivity index (χ1v) is 6.64. The molecule has 0 radical (unpaired) electrons. The van der Waals surface area contributed by atoms with Gasteiger partial charge < -0.3 is 5.73 Å². The van der Waals surface area contributed by atoms with Gasteiger partial charge in [0.05, 0.1) is 12.2 Å². The van der Waals surface area contributed by atoms with Crippen LogP contribution in [0.15, 0.2) is 30.5 Å². The third kappa shape index (κ3) is 2.22. The number of hydrazine groups is 1. The lowest BCUT2D eigenvalue weighted by Gasteiger charge is -2.27. The maximum Gasteiger partial charge on any atom is 0.124 e. The molecule has 1 aliphatic carbocycles. The Bertz CT molecular complexity index is 558. The maximum absolute atomic E-state index is 5.88. The minimum Gasteiger partial charge on any atom is -0.384 e. The largest absolute Gasteiger partial charge is 0.384 e. The summed E-state index contributed by atoms with van der Waals surface area (Å²) >= 11 is 0. The van der Waals surface area contributed by atoms with Crippen molar-refractivity contribution in [2.24, 2.45) is 5.84 Å². The summed E-state index contributed by atoms with van der Waals surface area (Å²) in [5.74, 6) is 6.95. The first-order valence-electron chi connectivity index (χ1n) is 6.64. The number of hydrogen-bond acceptors (Lipinski definition) is 4. The molecule has 5 nitrogen and oxygen atoms in total. The van der Waals surface area contributed by atoms with E-state index in [0.717, 1.165) is 11.1 Å². The van der Waals surface area contributed by atoms with E-state index in [1.165, 1.54) is 24.8 Å². The molecule has 5 heteroatoms.